The zero-order chi connectivity index (χ0) is 17.7. The first-order valence-electron chi connectivity index (χ1n) is 9.44. The molecule has 3 N–H and O–H groups in total. The number of hydrogen-bond donors (Lipinski definition) is 2. The van der Waals surface area contributed by atoms with Crippen LogP contribution in [-0.2, 0) is 20.9 Å². The molecule has 1 saturated carbocycles. The second-order valence-electron chi connectivity index (χ2n) is 7.63. The maximum absolute atomic E-state index is 12.5. The van der Waals surface area contributed by atoms with Crippen LogP contribution >= 0.6 is 12.4 Å². The summed E-state index contributed by atoms with van der Waals surface area (Å²) in [6.07, 6.45) is 6.34. The molecule has 26 heavy (non-hydrogen) atoms. The molecule has 2 aliphatic rings. The number of carbonyl (C=O) groups excluding carboxylic acids is 1. The van der Waals surface area contributed by atoms with Crippen LogP contribution < -0.4 is 11.1 Å². The molecule has 6 heteroatoms. The number of anilines is 1. The Morgan fingerprint density at radius 1 is 1.35 bits per heavy atom. The van der Waals surface area contributed by atoms with Crippen molar-refractivity contribution in [1.82, 2.24) is 0 Å². The summed E-state index contributed by atoms with van der Waals surface area (Å²) in [4.78, 5) is 12.5. The van der Waals surface area contributed by atoms with Crippen molar-refractivity contribution in [2.45, 2.75) is 63.7 Å². The summed E-state index contributed by atoms with van der Waals surface area (Å²) in [7, 11) is 0. The highest BCUT2D eigenvalue weighted by Gasteiger charge is 2.35. The van der Waals surface area contributed by atoms with Crippen molar-refractivity contribution in [3.63, 3.8) is 0 Å². The molecule has 1 aliphatic carbocycles. The third-order valence-electron chi connectivity index (χ3n) is 5.40. The summed E-state index contributed by atoms with van der Waals surface area (Å²) in [5.41, 5.74) is 7.27. The lowest BCUT2D eigenvalue weighted by Crippen LogP contribution is -2.54. The molecule has 2 fully saturated rings. The molecule has 3 rings (SSSR count). The maximum atomic E-state index is 12.5. The van der Waals surface area contributed by atoms with E-state index in [0.717, 1.165) is 30.0 Å². The van der Waals surface area contributed by atoms with Crippen LogP contribution in [0, 0.1) is 5.92 Å². The average molecular weight is 383 g/mol. The third kappa shape index (κ3) is 5.68. The van der Waals surface area contributed by atoms with Crippen LogP contribution in [0.3, 0.4) is 0 Å². The van der Waals surface area contributed by atoms with E-state index in [2.05, 4.69) is 12.2 Å². The van der Waals surface area contributed by atoms with Crippen molar-refractivity contribution < 1.29 is 14.3 Å². The Kier molecular flexibility index (Phi) is 7.89. The van der Waals surface area contributed by atoms with E-state index < -0.39 is 5.54 Å². The zero-order valence-corrected chi connectivity index (χ0v) is 16.4. The van der Waals surface area contributed by atoms with Crippen LogP contribution in [0.5, 0.6) is 0 Å². The standard InChI is InChI=1S/C20H30N2O3.ClH/c1-15-4-2-7-18(12-15)25-14-16-5-3-6-17(13-16)22-19(23)20(21)8-10-24-11-9-20;/h3,5-6,13,15,18H,2,4,7-12,14,21H2,1H3,(H,22,23);1H. The Bertz CT molecular complexity index is 590. The van der Waals surface area contributed by atoms with Crippen molar-refractivity contribution in [2.75, 3.05) is 18.5 Å². The minimum absolute atomic E-state index is 0. The fourth-order valence-electron chi connectivity index (χ4n) is 3.70. The van der Waals surface area contributed by atoms with Crippen molar-refractivity contribution in [1.29, 1.82) is 0 Å². The van der Waals surface area contributed by atoms with Crippen LogP contribution in [0.4, 0.5) is 5.69 Å². The van der Waals surface area contributed by atoms with Crippen molar-refractivity contribution >= 4 is 24.0 Å². The zero-order valence-electron chi connectivity index (χ0n) is 15.5. The van der Waals surface area contributed by atoms with Crippen LogP contribution in [0.1, 0.15) is 51.0 Å². The molecule has 0 bridgehead atoms. The van der Waals surface area contributed by atoms with Gasteiger partial charge in [0.2, 0.25) is 5.91 Å². The lowest BCUT2D eigenvalue weighted by Gasteiger charge is -2.31. The normalized spacial score (nSPS) is 25.2. The van der Waals surface area contributed by atoms with E-state index in [-0.39, 0.29) is 18.3 Å². The number of rotatable bonds is 5. The Morgan fingerprint density at radius 3 is 2.85 bits per heavy atom. The van der Waals surface area contributed by atoms with Crippen molar-refractivity contribution in [3.8, 4) is 0 Å². The first-order valence-corrected chi connectivity index (χ1v) is 9.44. The number of nitrogens with one attached hydrogen (secondary N) is 1. The monoisotopic (exact) mass is 382 g/mol. The van der Waals surface area contributed by atoms with Gasteiger partial charge in [0.15, 0.2) is 0 Å². The van der Waals surface area contributed by atoms with Crippen LogP contribution in [0.2, 0.25) is 0 Å². The Morgan fingerprint density at radius 2 is 2.12 bits per heavy atom. The lowest BCUT2D eigenvalue weighted by molar-refractivity contribution is -0.124. The number of benzene rings is 1. The second-order valence-corrected chi connectivity index (χ2v) is 7.63. The maximum Gasteiger partial charge on any atom is 0.244 e. The minimum atomic E-state index is -0.830. The summed E-state index contributed by atoms with van der Waals surface area (Å²) in [6.45, 7) is 3.96. The third-order valence-corrected chi connectivity index (χ3v) is 5.40. The number of ether oxygens (including phenoxy) is 2. The molecule has 2 unspecified atom stereocenters. The van der Waals surface area contributed by atoms with Gasteiger partial charge >= 0.3 is 0 Å². The Hall–Kier alpha value is -1.14. The fraction of sp³-hybridized carbons (Fsp3) is 0.650. The summed E-state index contributed by atoms with van der Waals surface area (Å²) in [5, 5.41) is 2.96. The molecule has 0 radical (unpaired) electrons. The SMILES string of the molecule is CC1CCCC(OCc2cccc(NC(=O)C3(N)CCOCC3)c2)C1.Cl. The molecule has 5 nitrogen and oxygen atoms in total. The molecular weight excluding hydrogens is 352 g/mol. The molecule has 1 heterocycles. The first kappa shape index (κ1) is 21.2. The van der Waals surface area contributed by atoms with Gasteiger partial charge in [0, 0.05) is 18.9 Å². The summed E-state index contributed by atoms with van der Waals surface area (Å²) in [6, 6.07) is 7.86. The van der Waals surface area contributed by atoms with Gasteiger partial charge in [-0.05, 0) is 49.3 Å². The Labute approximate surface area is 162 Å². The highest BCUT2D eigenvalue weighted by Crippen LogP contribution is 2.27. The van der Waals surface area contributed by atoms with Crippen molar-refractivity contribution in [2.24, 2.45) is 11.7 Å². The second kappa shape index (κ2) is 9.70. The minimum Gasteiger partial charge on any atom is -0.381 e. The van der Waals surface area contributed by atoms with E-state index >= 15 is 0 Å². The molecule has 2 atom stereocenters. The van der Waals surface area contributed by atoms with Crippen LogP contribution in [-0.4, -0.2) is 30.8 Å². The highest BCUT2D eigenvalue weighted by molar-refractivity contribution is 5.98. The topological polar surface area (TPSA) is 73.6 Å². The van der Waals surface area contributed by atoms with Crippen molar-refractivity contribution in [3.05, 3.63) is 29.8 Å². The Balaban J connectivity index is 0.00000243. The predicted molar refractivity (Wildman–Crippen MR) is 106 cm³/mol. The summed E-state index contributed by atoms with van der Waals surface area (Å²) < 4.78 is 11.4. The first-order chi connectivity index (χ1) is 12.0. The number of nitrogens with two attached hydrogens (primary N) is 1. The molecule has 1 saturated heterocycles. The van der Waals surface area contributed by atoms with Gasteiger partial charge in [-0.1, -0.05) is 31.9 Å². The lowest BCUT2D eigenvalue weighted by atomic mass is 9.89. The van der Waals surface area contributed by atoms with Gasteiger partial charge in [-0.2, -0.15) is 0 Å². The number of amides is 1. The van der Waals surface area contributed by atoms with Gasteiger partial charge < -0.3 is 20.5 Å². The molecule has 0 aromatic heterocycles. The highest BCUT2D eigenvalue weighted by atomic mass is 35.5. The average Bonchev–Trinajstić information content (AvgIpc) is 2.61. The van der Waals surface area contributed by atoms with Crippen LogP contribution in [0.25, 0.3) is 0 Å². The van der Waals surface area contributed by atoms with Gasteiger partial charge in [-0.3, -0.25) is 4.79 Å². The summed E-state index contributed by atoms with van der Waals surface area (Å²) >= 11 is 0. The molecular formula is C20H31ClN2O3. The number of hydrogen-bond acceptors (Lipinski definition) is 4. The van der Waals surface area contributed by atoms with E-state index in [4.69, 9.17) is 15.2 Å². The van der Waals surface area contributed by atoms with Crippen LogP contribution in [0.15, 0.2) is 24.3 Å². The quantitative estimate of drug-likeness (QED) is 0.815. The molecule has 1 aliphatic heterocycles. The van der Waals surface area contributed by atoms with E-state index in [1.807, 2.05) is 24.3 Å². The van der Waals surface area contributed by atoms with Gasteiger partial charge in [0.05, 0.1) is 12.7 Å². The largest absolute Gasteiger partial charge is 0.381 e. The molecule has 1 aromatic rings. The van der Waals surface area contributed by atoms with Gasteiger partial charge in [0.1, 0.15) is 5.54 Å². The predicted octanol–water partition coefficient (Wildman–Crippen LogP) is 3.65. The molecule has 146 valence electrons. The van der Waals surface area contributed by atoms with Gasteiger partial charge in [-0.25, -0.2) is 0 Å². The molecule has 0 spiro atoms. The van der Waals surface area contributed by atoms with E-state index in [1.165, 1.54) is 12.8 Å². The number of halogens is 1. The van der Waals surface area contributed by atoms with Gasteiger partial charge in [-0.15, -0.1) is 12.4 Å². The summed E-state index contributed by atoms with van der Waals surface area (Å²) in [5.74, 6) is 0.625. The fourth-order valence-corrected chi connectivity index (χ4v) is 3.70. The van der Waals surface area contributed by atoms with E-state index in [9.17, 15) is 4.79 Å². The smallest absolute Gasteiger partial charge is 0.244 e. The van der Waals surface area contributed by atoms with E-state index in [0.29, 0.717) is 38.8 Å². The number of carbonyl (C=O) groups is 1. The molecule has 1 aromatic carbocycles. The van der Waals surface area contributed by atoms with Gasteiger partial charge in [0.25, 0.3) is 0 Å². The van der Waals surface area contributed by atoms with E-state index in [1.54, 1.807) is 0 Å². The molecule has 1 amide bonds.